The van der Waals surface area contributed by atoms with E-state index in [-0.39, 0.29) is 6.54 Å². The van der Waals surface area contributed by atoms with Crippen molar-refractivity contribution in [3.63, 3.8) is 0 Å². The maximum atomic E-state index is 12.5. The van der Waals surface area contributed by atoms with E-state index in [1.165, 1.54) is 7.11 Å². The van der Waals surface area contributed by atoms with Gasteiger partial charge in [-0.05, 0) is 32.9 Å². The predicted octanol–water partition coefficient (Wildman–Crippen LogP) is 1.38. The summed E-state index contributed by atoms with van der Waals surface area (Å²) in [5.41, 5.74) is -0.865. The fraction of sp³-hybridized carbons (Fsp3) is 0.588. The Kier molecular flexibility index (Phi) is 5.43. The molecule has 132 valence electrons. The molecule has 1 aliphatic heterocycles. The first kappa shape index (κ1) is 18.2. The third-order valence-electron chi connectivity index (χ3n) is 3.74. The van der Waals surface area contributed by atoms with Gasteiger partial charge in [-0.15, -0.1) is 0 Å². The molecular weight excluding hydrogens is 310 g/mol. The lowest BCUT2D eigenvalue weighted by Crippen LogP contribution is -2.67. The number of aromatic nitrogens is 1. The van der Waals surface area contributed by atoms with Crippen molar-refractivity contribution < 1.29 is 19.1 Å². The standard InChI is InChI=1S/C17H25N3O4/c1-16(2,3)24-15(22)20-10-9-19-17(12-20,14(21)23-4)11-13-7-5-6-8-18-13/h5-8,19H,9-12H2,1-4H3. The minimum atomic E-state index is -1.03. The molecule has 24 heavy (non-hydrogen) atoms. The van der Waals surface area contributed by atoms with Crippen molar-refractivity contribution in [2.24, 2.45) is 0 Å². The smallest absolute Gasteiger partial charge is 0.410 e. The zero-order valence-electron chi connectivity index (χ0n) is 14.7. The van der Waals surface area contributed by atoms with Crippen molar-refractivity contribution in [3.05, 3.63) is 30.1 Å². The fourth-order valence-corrected chi connectivity index (χ4v) is 2.71. The second kappa shape index (κ2) is 7.17. The van der Waals surface area contributed by atoms with Gasteiger partial charge in [-0.3, -0.25) is 10.3 Å². The third kappa shape index (κ3) is 4.44. The molecule has 1 unspecified atom stereocenters. The highest BCUT2D eigenvalue weighted by Gasteiger charge is 2.45. The SMILES string of the molecule is COC(=O)C1(Cc2ccccn2)CN(C(=O)OC(C)(C)C)CCN1. The second-order valence-electron chi connectivity index (χ2n) is 6.90. The summed E-state index contributed by atoms with van der Waals surface area (Å²) in [6, 6.07) is 5.52. The van der Waals surface area contributed by atoms with Gasteiger partial charge < -0.3 is 14.4 Å². The lowest BCUT2D eigenvalue weighted by molar-refractivity contribution is -0.150. The Hall–Kier alpha value is -2.15. The van der Waals surface area contributed by atoms with Gasteiger partial charge in [-0.1, -0.05) is 6.07 Å². The number of nitrogens with zero attached hydrogens (tertiary/aromatic N) is 2. The lowest BCUT2D eigenvalue weighted by atomic mass is 9.90. The average molecular weight is 335 g/mol. The molecule has 0 saturated carbocycles. The van der Waals surface area contributed by atoms with Gasteiger partial charge in [0.05, 0.1) is 13.7 Å². The van der Waals surface area contributed by atoms with Crippen LogP contribution in [0.15, 0.2) is 24.4 Å². The number of hydrogen-bond acceptors (Lipinski definition) is 6. The lowest BCUT2D eigenvalue weighted by Gasteiger charge is -2.41. The zero-order valence-corrected chi connectivity index (χ0v) is 14.7. The summed E-state index contributed by atoms with van der Waals surface area (Å²) in [5, 5.41) is 3.22. The minimum absolute atomic E-state index is 0.172. The topological polar surface area (TPSA) is 80.8 Å². The highest BCUT2D eigenvalue weighted by atomic mass is 16.6. The van der Waals surface area contributed by atoms with Gasteiger partial charge in [0, 0.05) is 31.4 Å². The van der Waals surface area contributed by atoms with Gasteiger partial charge in [0.1, 0.15) is 11.1 Å². The van der Waals surface area contributed by atoms with E-state index in [0.29, 0.717) is 19.5 Å². The van der Waals surface area contributed by atoms with Crippen molar-refractivity contribution in [1.29, 1.82) is 0 Å². The Labute approximate surface area is 142 Å². The Morgan fingerprint density at radius 3 is 2.71 bits per heavy atom. The summed E-state index contributed by atoms with van der Waals surface area (Å²) in [6.07, 6.45) is 1.58. The maximum absolute atomic E-state index is 12.5. The van der Waals surface area contributed by atoms with Crippen LogP contribution in [0.3, 0.4) is 0 Å². The van der Waals surface area contributed by atoms with Crippen molar-refractivity contribution in [2.75, 3.05) is 26.7 Å². The number of amides is 1. The quantitative estimate of drug-likeness (QED) is 0.841. The molecule has 1 amide bonds. The fourth-order valence-electron chi connectivity index (χ4n) is 2.71. The van der Waals surface area contributed by atoms with Gasteiger partial charge in [0.25, 0.3) is 0 Å². The molecular formula is C17H25N3O4. The number of piperazine rings is 1. The molecule has 7 nitrogen and oxygen atoms in total. The number of esters is 1. The molecule has 0 aromatic carbocycles. The summed E-state index contributed by atoms with van der Waals surface area (Å²) < 4.78 is 10.4. The Morgan fingerprint density at radius 1 is 1.38 bits per heavy atom. The first-order valence-electron chi connectivity index (χ1n) is 7.97. The molecule has 2 rings (SSSR count). The first-order chi connectivity index (χ1) is 11.3. The second-order valence-corrected chi connectivity index (χ2v) is 6.90. The average Bonchev–Trinajstić information content (AvgIpc) is 2.53. The third-order valence-corrected chi connectivity index (χ3v) is 3.74. The number of hydrogen-bond donors (Lipinski definition) is 1. The molecule has 1 aromatic rings. The molecule has 0 spiro atoms. The number of methoxy groups -OCH3 is 1. The van der Waals surface area contributed by atoms with Gasteiger partial charge >= 0.3 is 12.1 Å². The van der Waals surface area contributed by atoms with Crippen LogP contribution in [0, 0.1) is 0 Å². The Bertz CT molecular complexity index is 585. The van der Waals surface area contributed by atoms with Crippen LogP contribution in [0.4, 0.5) is 4.79 Å². The van der Waals surface area contributed by atoms with E-state index in [4.69, 9.17) is 9.47 Å². The molecule has 0 bridgehead atoms. The van der Waals surface area contributed by atoms with E-state index in [1.54, 1.807) is 11.1 Å². The van der Waals surface area contributed by atoms with E-state index < -0.39 is 23.2 Å². The van der Waals surface area contributed by atoms with Gasteiger partial charge in [-0.25, -0.2) is 9.59 Å². The Balaban J connectivity index is 2.21. The van der Waals surface area contributed by atoms with Crippen LogP contribution in [-0.4, -0.2) is 59.8 Å². The number of carbonyl (C=O) groups excluding carboxylic acids is 2. The maximum Gasteiger partial charge on any atom is 0.410 e. The van der Waals surface area contributed by atoms with E-state index in [2.05, 4.69) is 10.3 Å². The first-order valence-corrected chi connectivity index (χ1v) is 7.97. The van der Waals surface area contributed by atoms with E-state index in [1.807, 2.05) is 39.0 Å². The zero-order chi connectivity index (χ0) is 17.8. The summed E-state index contributed by atoms with van der Waals surface area (Å²) in [4.78, 5) is 30.7. The van der Waals surface area contributed by atoms with Gasteiger partial charge in [0.15, 0.2) is 0 Å². The van der Waals surface area contributed by atoms with Crippen LogP contribution >= 0.6 is 0 Å². The van der Waals surface area contributed by atoms with E-state index in [9.17, 15) is 9.59 Å². The van der Waals surface area contributed by atoms with Crippen LogP contribution in [0.2, 0.25) is 0 Å². The van der Waals surface area contributed by atoms with Gasteiger partial charge in [-0.2, -0.15) is 0 Å². The van der Waals surface area contributed by atoms with Crippen LogP contribution in [-0.2, 0) is 20.7 Å². The van der Waals surface area contributed by atoms with Crippen LogP contribution in [0.25, 0.3) is 0 Å². The predicted molar refractivity (Wildman–Crippen MR) is 88.5 cm³/mol. The summed E-state index contributed by atoms with van der Waals surface area (Å²) >= 11 is 0. The van der Waals surface area contributed by atoms with Crippen LogP contribution in [0.5, 0.6) is 0 Å². The molecule has 0 aliphatic carbocycles. The number of rotatable bonds is 3. The molecule has 1 atom stereocenters. The van der Waals surface area contributed by atoms with E-state index in [0.717, 1.165) is 5.69 Å². The summed E-state index contributed by atoms with van der Waals surface area (Å²) in [6.45, 7) is 6.56. The monoisotopic (exact) mass is 335 g/mol. The molecule has 1 fully saturated rings. The van der Waals surface area contributed by atoms with Crippen molar-refractivity contribution >= 4 is 12.1 Å². The number of ether oxygens (including phenoxy) is 2. The minimum Gasteiger partial charge on any atom is -0.468 e. The van der Waals surface area contributed by atoms with Crippen molar-refractivity contribution in [2.45, 2.75) is 38.3 Å². The summed E-state index contributed by atoms with van der Waals surface area (Å²) in [7, 11) is 1.34. The normalized spacial score (nSPS) is 21.2. The van der Waals surface area contributed by atoms with Crippen LogP contribution in [0.1, 0.15) is 26.5 Å². The number of pyridine rings is 1. The van der Waals surface area contributed by atoms with Crippen molar-refractivity contribution in [3.8, 4) is 0 Å². The molecule has 1 aromatic heterocycles. The number of carbonyl (C=O) groups is 2. The van der Waals surface area contributed by atoms with Crippen LogP contribution < -0.4 is 5.32 Å². The van der Waals surface area contributed by atoms with E-state index >= 15 is 0 Å². The molecule has 1 saturated heterocycles. The molecule has 2 heterocycles. The molecule has 0 radical (unpaired) electrons. The molecule has 1 aliphatic rings. The highest BCUT2D eigenvalue weighted by Crippen LogP contribution is 2.21. The molecule has 1 N–H and O–H groups in total. The van der Waals surface area contributed by atoms with Gasteiger partial charge in [0.2, 0.25) is 0 Å². The highest BCUT2D eigenvalue weighted by molar-refractivity contribution is 5.83. The number of nitrogens with one attached hydrogen (secondary N) is 1. The largest absolute Gasteiger partial charge is 0.468 e. The summed E-state index contributed by atoms with van der Waals surface area (Å²) in [5.74, 6) is -0.415. The van der Waals surface area contributed by atoms with Crippen molar-refractivity contribution in [1.82, 2.24) is 15.2 Å². The molecule has 7 heteroatoms. The Morgan fingerprint density at radius 2 is 2.12 bits per heavy atom.